The van der Waals surface area contributed by atoms with E-state index < -0.39 is 18.0 Å². The summed E-state index contributed by atoms with van der Waals surface area (Å²) >= 11 is 0. The van der Waals surface area contributed by atoms with Crippen molar-refractivity contribution in [1.82, 2.24) is 0 Å². The fourth-order valence-corrected chi connectivity index (χ4v) is 1.69. The summed E-state index contributed by atoms with van der Waals surface area (Å²) in [5.74, 6) is -0.544. The van der Waals surface area contributed by atoms with E-state index in [0.717, 1.165) is 0 Å². The van der Waals surface area contributed by atoms with Crippen LogP contribution in [-0.4, -0.2) is 49.4 Å². The van der Waals surface area contributed by atoms with Gasteiger partial charge in [0.15, 0.2) is 11.6 Å². The zero-order valence-electron chi connectivity index (χ0n) is 12.6. The van der Waals surface area contributed by atoms with Gasteiger partial charge in [0.1, 0.15) is 12.7 Å². The Kier molecular flexibility index (Phi) is 7.60. The third-order valence-corrected chi connectivity index (χ3v) is 2.84. The third-order valence-electron chi connectivity index (χ3n) is 2.84. The van der Waals surface area contributed by atoms with Crippen LogP contribution in [0.2, 0.25) is 0 Å². The Labute approximate surface area is 124 Å². The maximum absolute atomic E-state index is 13.7. The molecule has 120 valence electrons. The molecule has 5 nitrogen and oxygen atoms in total. The topological polar surface area (TPSA) is 68.2 Å². The fraction of sp³-hybridized carbons (Fsp3) is 0.600. The molecule has 0 bridgehead atoms. The summed E-state index contributed by atoms with van der Waals surface area (Å²) in [5.41, 5.74) is 0.470. The Hall–Kier alpha value is -1.21. The number of hydrogen-bond donors (Lipinski definition) is 2. The molecule has 3 unspecified atom stereocenters. The van der Waals surface area contributed by atoms with Crippen LogP contribution in [0.4, 0.5) is 4.39 Å². The highest BCUT2D eigenvalue weighted by atomic mass is 19.1. The van der Waals surface area contributed by atoms with Gasteiger partial charge in [-0.05, 0) is 31.5 Å². The van der Waals surface area contributed by atoms with Crippen molar-refractivity contribution in [1.29, 1.82) is 0 Å². The summed E-state index contributed by atoms with van der Waals surface area (Å²) in [6.07, 6.45) is -1.73. The minimum atomic E-state index is -0.861. The van der Waals surface area contributed by atoms with Crippen molar-refractivity contribution < 1.29 is 28.8 Å². The van der Waals surface area contributed by atoms with Crippen LogP contribution < -0.4 is 4.74 Å². The van der Waals surface area contributed by atoms with Crippen molar-refractivity contribution in [3.63, 3.8) is 0 Å². The number of methoxy groups -OCH3 is 1. The lowest BCUT2D eigenvalue weighted by atomic mass is 10.1. The molecular formula is C15H23FO5. The van der Waals surface area contributed by atoms with E-state index in [1.165, 1.54) is 12.1 Å². The first-order valence-electron chi connectivity index (χ1n) is 6.83. The Balaban J connectivity index is 2.41. The SMILES string of the molecule is COCC(C)OCC(O)COc1ccc(C(C)O)cc1F. The number of benzene rings is 1. The van der Waals surface area contributed by atoms with Gasteiger partial charge in [-0.1, -0.05) is 6.07 Å². The molecule has 3 atom stereocenters. The summed E-state index contributed by atoms with van der Waals surface area (Å²) in [4.78, 5) is 0. The molecule has 2 N–H and O–H groups in total. The predicted molar refractivity (Wildman–Crippen MR) is 75.8 cm³/mol. The highest BCUT2D eigenvalue weighted by Crippen LogP contribution is 2.22. The van der Waals surface area contributed by atoms with Gasteiger partial charge in [0.05, 0.1) is 25.4 Å². The van der Waals surface area contributed by atoms with E-state index in [1.807, 2.05) is 6.92 Å². The molecule has 0 aliphatic rings. The Morgan fingerprint density at radius 1 is 1.14 bits per heavy atom. The molecule has 21 heavy (non-hydrogen) atoms. The lowest BCUT2D eigenvalue weighted by Gasteiger charge is -2.17. The van der Waals surface area contributed by atoms with Crippen molar-refractivity contribution in [2.45, 2.75) is 32.2 Å². The molecule has 0 radical (unpaired) electrons. The van der Waals surface area contributed by atoms with Gasteiger partial charge < -0.3 is 24.4 Å². The molecule has 0 aliphatic carbocycles. The Morgan fingerprint density at radius 3 is 2.43 bits per heavy atom. The van der Waals surface area contributed by atoms with E-state index in [0.29, 0.717) is 12.2 Å². The van der Waals surface area contributed by atoms with Crippen LogP contribution in [-0.2, 0) is 9.47 Å². The van der Waals surface area contributed by atoms with E-state index in [-0.39, 0.29) is 25.1 Å². The second-order valence-corrected chi connectivity index (χ2v) is 4.93. The third kappa shape index (κ3) is 6.39. The number of ether oxygens (including phenoxy) is 3. The van der Waals surface area contributed by atoms with Crippen molar-refractivity contribution in [3.05, 3.63) is 29.6 Å². The quantitative estimate of drug-likeness (QED) is 0.726. The molecule has 0 saturated heterocycles. The predicted octanol–water partition coefficient (Wildman–Crippen LogP) is 1.67. The number of hydrogen-bond acceptors (Lipinski definition) is 5. The van der Waals surface area contributed by atoms with E-state index in [9.17, 15) is 14.6 Å². The second kappa shape index (κ2) is 8.94. The summed E-state index contributed by atoms with van der Waals surface area (Å²) in [6.45, 7) is 3.81. The van der Waals surface area contributed by atoms with Crippen molar-refractivity contribution in [3.8, 4) is 5.75 Å². The maximum atomic E-state index is 13.7. The number of aliphatic hydroxyl groups excluding tert-OH is 2. The number of aliphatic hydroxyl groups is 2. The average Bonchev–Trinajstić information content (AvgIpc) is 2.44. The van der Waals surface area contributed by atoms with Crippen LogP contribution in [0, 0.1) is 5.82 Å². The molecule has 0 spiro atoms. The molecule has 0 fully saturated rings. The average molecular weight is 302 g/mol. The second-order valence-electron chi connectivity index (χ2n) is 4.93. The normalized spacial score (nSPS) is 15.5. The molecule has 1 rings (SSSR count). The molecular weight excluding hydrogens is 279 g/mol. The Morgan fingerprint density at radius 2 is 1.86 bits per heavy atom. The van der Waals surface area contributed by atoms with Gasteiger partial charge in [0, 0.05) is 7.11 Å². The molecule has 1 aromatic carbocycles. The van der Waals surface area contributed by atoms with Gasteiger partial charge in [-0.25, -0.2) is 4.39 Å². The lowest BCUT2D eigenvalue weighted by molar-refractivity contribution is -0.0425. The summed E-state index contributed by atoms with van der Waals surface area (Å²) in [5, 5.41) is 19.1. The van der Waals surface area contributed by atoms with Gasteiger partial charge in [0.25, 0.3) is 0 Å². The monoisotopic (exact) mass is 302 g/mol. The smallest absolute Gasteiger partial charge is 0.165 e. The van der Waals surface area contributed by atoms with Crippen molar-refractivity contribution >= 4 is 0 Å². The molecule has 0 amide bonds. The van der Waals surface area contributed by atoms with E-state index >= 15 is 0 Å². The lowest BCUT2D eigenvalue weighted by Crippen LogP contribution is -2.27. The van der Waals surface area contributed by atoms with Gasteiger partial charge >= 0.3 is 0 Å². The van der Waals surface area contributed by atoms with Crippen LogP contribution in [0.5, 0.6) is 5.75 Å². The van der Waals surface area contributed by atoms with Gasteiger partial charge in [-0.15, -0.1) is 0 Å². The standard InChI is InChI=1S/C15H23FO5/c1-10(7-19-3)20-8-13(18)9-21-15-5-4-12(11(2)17)6-14(15)16/h4-6,10-11,13,17-18H,7-9H2,1-3H3. The minimum Gasteiger partial charge on any atom is -0.488 e. The van der Waals surface area contributed by atoms with Crippen LogP contribution in [0.15, 0.2) is 18.2 Å². The summed E-state index contributed by atoms with van der Waals surface area (Å²) in [6, 6.07) is 4.22. The van der Waals surface area contributed by atoms with Crippen LogP contribution in [0.25, 0.3) is 0 Å². The molecule has 0 aliphatic heterocycles. The Bertz CT molecular complexity index is 425. The first-order chi connectivity index (χ1) is 9.93. The number of halogens is 1. The fourth-order valence-electron chi connectivity index (χ4n) is 1.69. The summed E-state index contributed by atoms with van der Waals surface area (Å²) in [7, 11) is 1.57. The molecule has 0 saturated carbocycles. The highest BCUT2D eigenvalue weighted by Gasteiger charge is 2.12. The van der Waals surface area contributed by atoms with Crippen LogP contribution in [0.3, 0.4) is 0 Å². The van der Waals surface area contributed by atoms with Crippen molar-refractivity contribution in [2.24, 2.45) is 0 Å². The number of rotatable bonds is 9. The largest absolute Gasteiger partial charge is 0.488 e. The minimum absolute atomic E-state index is 0.0309. The van der Waals surface area contributed by atoms with Crippen LogP contribution in [0.1, 0.15) is 25.5 Å². The van der Waals surface area contributed by atoms with Gasteiger partial charge in [-0.2, -0.15) is 0 Å². The van der Waals surface area contributed by atoms with E-state index in [4.69, 9.17) is 14.2 Å². The van der Waals surface area contributed by atoms with Gasteiger partial charge in [-0.3, -0.25) is 0 Å². The summed E-state index contributed by atoms with van der Waals surface area (Å²) < 4.78 is 29.2. The van der Waals surface area contributed by atoms with E-state index in [1.54, 1.807) is 20.1 Å². The molecule has 0 aromatic heterocycles. The first kappa shape index (κ1) is 17.8. The van der Waals surface area contributed by atoms with E-state index in [2.05, 4.69) is 0 Å². The van der Waals surface area contributed by atoms with Gasteiger partial charge in [0.2, 0.25) is 0 Å². The first-order valence-corrected chi connectivity index (χ1v) is 6.83. The van der Waals surface area contributed by atoms with Crippen molar-refractivity contribution in [2.75, 3.05) is 26.9 Å². The molecule has 6 heteroatoms. The van der Waals surface area contributed by atoms with Crippen LogP contribution >= 0.6 is 0 Å². The molecule has 0 heterocycles. The zero-order valence-corrected chi connectivity index (χ0v) is 12.6. The highest BCUT2D eigenvalue weighted by molar-refractivity contribution is 5.30. The molecule has 1 aromatic rings. The zero-order chi connectivity index (χ0) is 15.8. The maximum Gasteiger partial charge on any atom is 0.165 e.